The second-order valence-electron chi connectivity index (χ2n) is 1.76. The van der Waals surface area contributed by atoms with Gasteiger partial charge in [0.15, 0.2) is 0 Å². The summed E-state index contributed by atoms with van der Waals surface area (Å²) in [4.78, 5) is 12.2. The van der Waals surface area contributed by atoms with Gasteiger partial charge in [0.2, 0.25) is 0 Å². The lowest BCUT2D eigenvalue weighted by Crippen LogP contribution is -1.73. The largest absolute Gasteiger partial charge is 0.483 e. The number of nitrogens with zero attached hydrogens (tertiary/aromatic N) is 1. The maximum Gasteiger partial charge on any atom is 0.290 e. The zero-order valence-corrected chi connectivity index (χ0v) is 6.75. The van der Waals surface area contributed by atoms with Crippen LogP contribution in [0.2, 0.25) is 5.15 Å². The molecule has 0 aliphatic carbocycles. The van der Waals surface area contributed by atoms with Gasteiger partial charge in [-0.2, -0.15) is 0 Å². The van der Waals surface area contributed by atoms with Crippen LogP contribution in [0.5, 0.6) is 0 Å². The molecule has 0 atom stereocenters. The number of carboxylic acid groups (broad SMARTS) is 1. The molecule has 4 heteroatoms. The summed E-state index contributed by atoms with van der Waals surface area (Å²) < 4.78 is 0. The van der Waals surface area contributed by atoms with E-state index in [-0.39, 0.29) is 6.47 Å². The van der Waals surface area contributed by atoms with Crippen LogP contribution in [0.15, 0.2) is 18.3 Å². The van der Waals surface area contributed by atoms with Gasteiger partial charge < -0.3 is 5.11 Å². The Labute approximate surface area is 69.6 Å². The molecule has 1 rings (SSSR count). The number of carbonyl (C=O) groups is 1. The summed E-state index contributed by atoms with van der Waals surface area (Å²) in [6, 6.07) is 3.70. The minimum Gasteiger partial charge on any atom is -0.483 e. The summed E-state index contributed by atoms with van der Waals surface area (Å²) in [5.41, 5.74) is 1.13. The summed E-state index contributed by atoms with van der Waals surface area (Å²) in [6.07, 6.45) is 1.74. The van der Waals surface area contributed by atoms with E-state index in [1.54, 1.807) is 12.3 Å². The van der Waals surface area contributed by atoms with Crippen LogP contribution in [0.25, 0.3) is 0 Å². The van der Waals surface area contributed by atoms with Crippen LogP contribution in [0.3, 0.4) is 0 Å². The molecule has 1 heterocycles. The fourth-order valence-corrected chi connectivity index (χ4v) is 0.562. The first-order valence-corrected chi connectivity index (χ1v) is 3.24. The molecule has 0 aromatic carbocycles. The lowest BCUT2D eigenvalue weighted by molar-refractivity contribution is -0.122. The van der Waals surface area contributed by atoms with E-state index in [1.165, 1.54) is 0 Å². The van der Waals surface area contributed by atoms with E-state index in [2.05, 4.69) is 4.98 Å². The van der Waals surface area contributed by atoms with Crippen molar-refractivity contribution >= 4 is 18.1 Å². The highest BCUT2D eigenvalue weighted by atomic mass is 35.5. The van der Waals surface area contributed by atoms with Gasteiger partial charge >= 0.3 is 0 Å². The molecule has 1 aromatic heterocycles. The monoisotopic (exact) mass is 173 g/mol. The van der Waals surface area contributed by atoms with E-state index in [0.29, 0.717) is 5.15 Å². The van der Waals surface area contributed by atoms with Gasteiger partial charge in [0.1, 0.15) is 5.15 Å². The smallest absolute Gasteiger partial charge is 0.290 e. The van der Waals surface area contributed by atoms with Gasteiger partial charge in [-0.1, -0.05) is 17.7 Å². The van der Waals surface area contributed by atoms with E-state index in [9.17, 15) is 0 Å². The molecular weight excluding hydrogens is 166 g/mol. The lowest BCUT2D eigenvalue weighted by atomic mass is 10.3. The first-order chi connectivity index (χ1) is 5.20. The number of halogens is 1. The third-order valence-corrected chi connectivity index (χ3v) is 1.10. The first-order valence-electron chi connectivity index (χ1n) is 2.86. The molecule has 0 amide bonds. The maximum absolute atomic E-state index is 8.36. The second kappa shape index (κ2) is 5.68. The molecule has 0 aliphatic rings. The number of aromatic nitrogens is 1. The molecule has 1 aromatic rings. The molecule has 60 valence electrons. The van der Waals surface area contributed by atoms with Gasteiger partial charge in [0.25, 0.3) is 6.47 Å². The highest BCUT2D eigenvalue weighted by Crippen LogP contribution is 2.02. The average molecular weight is 174 g/mol. The van der Waals surface area contributed by atoms with Gasteiger partial charge in [-0.25, -0.2) is 4.98 Å². The van der Waals surface area contributed by atoms with Crippen LogP contribution in [0.4, 0.5) is 0 Å². The number of hydrogen-bond acceptors (Lipinski definition) is 2. The average Bonchev–Trinajstić information content (AvgIpc) is 1.97. The zero-order chi connectivity index (χ0) is 8.69. The standard InChI is InChI=1S/C6H6ClN.CH2O2/c1-5-2-3-6(7)8-4-5;2-1-3/h2-4H,1H3;1H,(H,2,3). The minimum atomic E-state index is -0.250. The highest BCUT2D eigenvalue weighted by molar-refractivity contribution is 6.29. The molecule has 0 spiro atoms. The van der Waals surface area contributed by atoms with Crippen molar-refractivity contribution < 1.29 is 9.90 Å². The zero-order valence-electron chi connectivity index (χ0n) is 5.99. The lowest BCUT2D eigenvalue weighted by Gasteiger charge is -1.87. The predicted octanol–water partition coefficient (Wildman–Crippen LogP) is 1.74. The molecule has 0 bridgehead atoms. The van der Waals surface area contributed by atoms with Crippen molar-refractivity contribution in [2.45, 2.75) is 6.92 Å². The van der Waals surface area contributed by atoms with Crippen LogP contribution in [0.1, 0.15) is 5.56 Å². The predicted molar refractivity (Wildman–Crippen MR) is 42.7 cm³/mol. The maximum atomic E-state index is 8.36. The topological polar surface area (TPSA) is 50.2 Å². The van der Waals surface area contributed by atoms with E-state index < -0.39 is 0 Å². The number of aryl methyl sites for hydroxylation is 1. The Kier molecular flexibility index (Phi) is 5.11. The SMILES string of the molecule is Cc1ccc(Cl)nc1.O=CO. The Morgan fingerprint density at radius 3 is 2.45 bits per heavy atom. The van der Waals surface area contributed by atoms with Crippen molar-refractivity contribution in [3.05, 3.63) is 29.0 Å². The normalized spacial score (nSPS) is 7.82. The molecule has 0 unspecified atom stereocenters. The summed E-state index contributed by atoms with van der Waals surface area (Å²) in [5.74, 6) is 0. The molecule has 0 saturated heterocycles. The summed E-state index contributed by atoms with van der Waals surface area (Å²) in [6.45, 7) is 1.73. The number of rotatable bonds is 0. The highest BCUT2D eigenvalue weighted by Gasteiger charge is 1.83. The van der Waals surface area contributed by atoms with E-state index >= 15 is 0 Å². The fraction of sp³-hybridized carbons (Fsp3) is 0.143. The van der Waals surface area contributed by atoms with Crippen LogP contribution < -0.4 is 0 Å². The van der Waals surface area contributed by atoms with Gasteiger partial charge in [0.05, 0.1) is 0 Å². The Balaban J connectivity index is 0.000000292. The third-order valence-electron chi connectivity index (χ3n) is 0.875. The molecule has 0 radical (unpaired) electrons. The van der Waals surface area contributed by atoms with E-state index in [0.717, 1.165) is 5.56 Å². The summed E-state index contributed by atoms with van der Waals surface area (Å²) in [7, 11) is 0. The Bertz CT molecular complexity index is 189. The van der Waals surface area contributed by atoms with Crippen LogP contribution in [-0.4, -0.2) is 16.6 Å². The summed E-state index contributed by atoms with van der Waals surface area (Å²) in [5, 5.41) is 7.44. The Morgan fingerprint density at radius 1 is 1.64 bits per heavy atom. The van der Waals surface area contributed by atoms with Gasteiger partial charge in [-0.15, -0.1) is 0 Å². The van der Waals surface area contributed by atoms with Crippen molar-refractivity contribution in [3.63, 3.8) is 0 Å². The second-order valence-corrected chi connectivity index (χ2v) is 2.15. The molecule has 3 nitrogen and oxygen atoms in total. The van der Waals surface area contributed by atoms with Crippen molar-refractivity contribution in [2.24, 2.45) is 0 Å². The molecule has 0 fully saturated rings. The van der Waals surface area contributed by atoms with Crippen molar-refractivity contribution in [2.75, 3.05) is 0 Å². The van der Waals surface area contributed by atoms with E-state index in [4.69, 9.17) is 21.5 Å². The Hall–Kier alpha value is -1.09. The van der Waals surface area contributed by atoms with Crippen molar-refractivity contribution in [1.29, 1.82) is 0 Å². The molecule has 0 aliphatic heterocycles. The van der Waals surface area contributed by atoms with Crippen molar-refractivity contribution in [3.8, 4) is 0 Å². The third kappa shape index (κ3) is 5.36. The van der Waals surface area contributed by atoms with Crippen LogP contribution in [-0.2, 0) is 4.79 Å². The Morgan fingerprint density at radius 2 is 2.18 bits per heavy atom. The number of pyridine rings is 1. The van der Waals surface area contributed by atoms with Crippen molar-refractivity contribution in [1.82, 2.24) is 4.98 Å². The minimum absolute atomic E-state index is 0.250. The van der Waals surface area contributed by atoms with E-state index in [1.807, 2.05) is 13.0 Å². The van der Waals surface area contributed by atoms with Gasteiger partial charge in [-0.3, -0.25) is 4.79 Å². The van der Waals surface area contributed by atoms with Gasteiger partial charge in [-0.05, 0) is 18.6 Å². The first kappa shape index (κ1) is 9.91. The van der Waals surface area contributed by atoms with Gasteiger partial charge in [0, 0.05) is 6.20 Å². The van der Waals surface area contributed by atoms with Crippen LogP contribution in [0, 0.1) is 6.92 Å². The molecule has 0 saturated carbocycles. The summed E-state index contributed by atoms with van der Waals surface area (Å²) >= 11 is 5.50. The number of hydrogen-bond donors (Lipinski definition) is 1. The fourth-order valence-electron chi connectivity index (χ4n) is 0.450. The molecule has 1 N–H and O–H groups in total. The molecular formula is C7H8ClNO2. The molecule has 11 heavy (non-hydrogen) atoms. The van der Waals surface area contributed by atoms with Crippen LogP contribution >= 0.6 is 11.6 Å². The quantitative estimate of drug-likeness (QED) is 0.480.